The summed E-state index contributed by atoms with van der Waals surface area (Å²) in [4.78, 5) is 27.4. The second kappa shape index (κ2) is 12.6. The van der Waals surface area contributed by atoms with Gasteiger partial charge in [-0.1, -0.05) is 12.1 Å². The third kappa shape index (κ3) is 8.40. The van der Waals surface area contributed by atoms with Crippen LogP contribution < -0.4 is 14.8 Å². The second-order valence-electron chi connectivity index (χ2n) is 8.56. The molecule has 0 radical (unpaired) electrons. The van der Waals surface area contributed by atoms with Gasteiger partial charge in [0.2, 0.25) is 0 Å². The molecule has 2 heterocycles. The summed E-state index contributed by atoms with van der Waals surface area (Å²) in [6.07, 6.45) is 3.57. The van der Waals surface area contributed by atoms with E-state index in [0.29, 0.717) is 30.9 Å². The zero-order valence-electron chi connectivity index (χ0n) is 20.1. The molecule has 0 bridgehead atoms. The minimum Gasteiger partial charge on any atom is -0.494 e. The molecule has 3 atom stereocenters. The highest BCUT2D eigenvalue weighted by Crippen LogP contribution is 2.16. The first-order valence-corrected chi connectivity index (χ1v) is 13.6. The summed E-state index contributed by atoms with van der Waals surface area (Å²) in [6, 6.07) is 5.31. The Labute approximate surface area is 209 Å². The maximum atomic E-state index is 13.0. The average Bonchev–Trinajstić information content (AvgIpc) is 3.49. The van der Waals surface area contributed by atoms with E-state index in [4.69, 9.17) is 9.47 Å². The molecule has 11 nitrogen and oxygen atoms in total. The van der Waals surface area contributed by atoms with Gasteiger partial charge in [-0.25, -0.2) is 22.6 Å². The molecule has 1 aliphatic heterocycles. The highest BCUT2D eigenvalue weighted by atomic mass is 32.2. The number of benzene rings is 1. The molecular formula is C22H33N5O6S2. The molecule has 1 unspecified atom stereocenters. The summed E-state index contributed by atoms with van der Waals surface area (Å²) < 4.78 is 38.3. The summed E-state index contributed by atoms with van der Waals surface area (Å²) in [6.45, 7) is 2.16. The molecule has 35 heavy (non-hydrogen) atoms. The van der Waals surface area contributed by atoms with Gasteiger partial charge in [0.1, 0.15) is 17.8 Å². The van der Waals surface area contributed by atoms with E-state index in [0.717, 1.165) is 30.9 Å². The molecule has 3 N–H and O–H groups in total. The molecule has 3 rings (SSSR count). The molecule has 1 aliphatic rings. The minimum absolute atomic E-state index is 0.0353. The predicted molar refractivity (Wildman–Crippen MR) is 133 cm³/mol. The Kier molecular flexibility index (Phi) is 9.83. The van der Waals surface area contributed by atoms with Gasteiger partial charge in [-0.2, -0.15) is 5.10 Å². The lowest BCUT2D eigenvalue weighted by Gasteiger charge is -2.19. The van der Waals surface area contributed by atoms with Crippen LogP contribution in [0.2, 0.25) is 0 Å². The van der Waals surface area contributed by atoms with E-state index in [1.54, 1.807) is 31.3 Å². The van der Waals surface area contributed by atoms with Crippen molar-refractivity contribution in [2.45, 2.75) is 37.8 Å². The Morgan fingerprint density at radius 3 is 2.71 bits per heavy atom. The third-order valence-electron chi connectivity index (χ3n) is 5.33. The lowest BCUT2D eigenvalue weighted by molar-refractivity contribution is -0.162. The van der Waals surface area contributed by atoms with E-state index < -0.39 is 34.0 Å². The van der Waals surface area contributed by atoms with E-state index in [-0.39, 0.29) is 10.2 Å². The first kappa shape index (κ1) is 27.3. The maximum Gasteiger partial charge on any atom is 0.332 e. The Morgan fingerprint density at radius 2 is 2.11 bits per heavy atom. The number of carbonyl (C=O) groups excluding carboxylic acids is 2. The molecule has 13 heteroatoms. The second-order valence-corrected chi connectivity index (χ2v) is 11.7. The van der Waals surface area contributed by atoms with Crippen LogP contribution in [0.3, 0.4) is 0 Å². The van der Waals surface area contributed by atoms with Crippen molar-refractivity contribution >= 4 is 33.5 Å². The van der Waals surface area contributed by atoms with Crippen LogP contribution in [-0.4, -0.2) is 80.6 Å². The minimum atomic E-state index is -3.81. The number of aryl methyl sites for hydroxylation is 1. The van der Waals surface area contributed by atoms with Gasteiger partial charge in [-0.3, -0.25) is 0 Å². The number of hydrogen-bond acceptors (Lipinski definition) is 9. The fraction of sp³-hybridized carbons (Fsp3) is 0.545. The number of ether oxygens (including phenoxy) is 2. The number of aromatic nitrogens is 2. The molecule has 0 aliphatic carbocycles. The first-order chi connectivity index (χ1) is 16.6. The summed E-state index contributed by atoms with van der Waals surface area (Å²) >= 11 is 0.971. The Morgan fingerprint density at radius 1 is 1.37 bits per heavy atom. The number of carbonyl (C=O) groups is 2. The van der Waals surface area contributed by atoms with Gasteiger partial charge in [-0.05, 0) is 75.6 Å². The van der Waals surface area contributed by atoms with Crippen molar-refractivity contribution < 1.29 is 27.8 Å². The topological polar surface area (TPSA) is 135 Å². The third-order valence-corrected chi connectivity index (χ3v) is 8.13. The first-order valence-electron chi connectivity index (χ1n) is 11.4. The molecule has 0 saturated carbocycles. The predicted octanol–water partition coefficient (Wildman–Crippen LogP) is 1.04. The highest BCUT2D eigenvalue weighted by Gasteiger charge is 2.31. The van der Waals surface area contributed by atoms with Gasteiger partial charge in [0.25, 0.3) is 0 Å². The molecule has 1 aromatic heterocycles. The van der Waals surface area contributed by atoms with Gasteiger partial charge in [-0.15, -0.1) is 0 Å². The Bertz CT molecular complexity index is 1150. The largest absolute Gasteiger partial charge is 0.494 e. The van der Waals surface area contributed by atoms with E-state index in [1.165, 1.54) is 10.3 Å². The van der Waals surface area contributed by atoms with Crippen LogP contribution in [0.25, 0.3) is 0 Å². The normalized spacial score (nSPS) is 18.3. The van der Waals surface area contributed by atoms with Gasteiger partial charge in [0, 0.05) is 13.6 Å². The summed E-state index contributed by atoms with van der Waals surface area (Å²) in [5.41, 5.74) is 0.705. The summed E-state index contributed by atoms with van der Waals surface area (Å²) in [5, 5.41) is 6.91. The van der Waals surface area contributed by atoms with Crippen molar-refractivity contribution in [3.63, 3.8) is 0 Å². The number of esters is 2. The standard InChI is InChI=1S/C22H33N5O6S2/c1-26(2)12-5-13-32-17-9-7-16(8-10-17)14-19(22(29)33-21(28)18-6-4-11-23-18)25-35(30,31)20-15-24-27(3)34-20/h7-10,15,18-19,23H,4-6,11-14H2,1-3H3,(H2,25,30,31)/t18-,19-/m0/s1. The Balaban J connectivity index is 1.73. The van der Waals surface area contributed by atoms with Crippen molar-refractivity contribution in [1.29, 1.82) is 0 Å². The van der Waals surface area contributed by atoms with Crippen LogP contribution in [-0.2, 0) is 37.8 Å². The smallest absolute Gasteiger partial charge is 0.332 e. The highest BCUT2D eigenvalue weighted by molar-refractivity contribution is 7.89. The van der Waals surface area contributed by atoms with Crippen molar-refractivity contribution in [1.82, 2.24) is 24.1 Å². The van der Waals surface area contributed by atoms with Gasteiger partial charge < -0.3 is 24.2 Å². The van der Waals surface area contributed by atoms with E-state index in [9.17, 15) is 18.4 Å². The fourth-order valence-corrected chi connectivity index (χ4v) is 5.70. The molecular weight excluding hydrogens is 494 g/mol. The van der Waals surface area contributed by atoms with Crippen molar-refractivity contribution in [3.05, 3.63) is 39.8 Å². The molecule has 194 valence electrons. The van der Waals surface area contributed by atoms with Crippen molar-refractivity contribution in [2.75, 3.05) is 33.8 Å². The lowest BCUT2D eigenvalue weighted by Crippen LogP contribution is -2.45. The van der Waals surface area contributed by atoms with Crippen LogP contribution in [0.4, 0.5) is 0 Å². The number of nitrogens with zero attached hydrogens (tertiary/aromatic N) is 3. The SMILES string of the molecule is CN(C)CCCOc1ccc(C[C@H](NS(=O)(O)=c2cnn(C)s2)C(=O)OC(=O)[C@@H]2CCCN2)cc1. The molecule has 0 spiro atoms. The number of hydrogen-bond donors (Lipinski definition) is 3. The van der Waals surface area contributed by atoms with E-state index in [1.807, 2.05) is 14.1 Å². The molecule has 2 aromatic rings. The fourth-order valence-electron chi connectivity index (χ4n) is 3.51. The lowest BCUT2D eigenvalue weighted by atomic mass is 10.1. The number of nitrogens with one attached hydrogen (secondary N) is 2. The van der Waals surface area contributed by atoms with Crippen LogP contribution in [0.15, 0.2) is 30.5 Å². The quantitative estimate of drug-likeness (QED) is 0.170. The van der Waals surface area contributed by atoms with Crippen LogP contribution in [0.5, 0.6) is 5.75 Å². The zero-order chi connectivity index (χ0) is 25.4. The van der Waals surface area contributed by atoms with Crippen molar-refractivity contribution in [2.24, 2.45) is 7.05 Å². The van der Waals surface area contributed by atoms with Crippen LogP contribution in [0, 0.1) is 3.82 Å². The van der Waals surface area contributed by atoms with Crippen molar-refractivity contribution in [3.8, 4) is 5.75 Å². The zero-order valence-corrected chi connectivity index (χ0v) is 21.8. The maximum absolute atomic E-state index is 13.0. The van der Waals surface area contributed by atoms with Crippen LogP contribution >= 0.6 is 11.5 Å². The van der Waals surface area contributed by atoms with E-state index >= 15 is 0 Å². The summed E-state index contributed by atoms with van der Waals surface area (Å²) in [7, 11) is 1.83. The van der Waals surface area contributed by atoms with Gasteiger partial charge in [0.15, 0.2) is 13.8 Å². The average molecular weight is 528 g/mol. The monoisotopic (exact) mass is 527 g/mol. The van der Waals surface area contributed by atoms with Gasteiger partial charge in [0.05, 0.1) is 12.8 Å². The van der Waals surface area contributed by atoms with Gasteiger partial charge >= 0.3 is 11.9 Å². The van der Waals surface area contributed by atoms with E-state index in [2.05, 4.69) is 20.0 Å². The summed E-state index contributed by atoms with van der Waals surface area (Å²) in [5.74, 6) is -0.914. The number of rotatable bonds is 11. The molecule has 0 amide bonds. The molecule has 1 saturated heterocycles. The molecule has 1 fully saturated rings. The Hall–Kier alpha value is -2.29. The molecule has 1 aromatic carbocycles. The van der Waals surface area contributed by atoms with Crippen LogP contribution in [0.1, 0.15) is 24.8 Å².